The van der Waals surface area contributed by atoms with Crippen molar-refractivity contribution in [1.82, 2.24) is 14.9 Å². The number of rotatable bonds is 5. The van der Waals surface area contributed by atoms with E-state index in [4.69, 9.17) is 0 Å². The second-order valence-electron chi connectivity index (χ2n) is 7.01. The van der Waals surface area contributed by atoms with E-state index in [-0.39, 0.29) is 5.91 Å². The highest BCUT2D eigenvalue weighted by Crippen LogP contribution is 2.34. The van der Waals surface area contributed by atoms with Crippen molar-refractivity contribution in [3.05, 3.63) is 53.6 Å². The number of hydrogen-bond acceptors (Lipinski definition) is 3. The maximum atomic E-state index is 12.9. The Labute approximate surface area is 146 Å². The van der Waals surface area contributed by atoms with Gasteiger partial charge < -0.3 is 15.0 Å². The number of carboxylic acid groups (broad SMARTS) is 1. The number of fused-ring (bicyclic) bond motifs is 1. The lowest BCUT2D eigenvalue weighted by Crippen LogP contribution is -2.43. The molecule has 0 saturated carbocycles. The molecule has 132 valence electrons. The van der Waals surface area contributed by atoms with Crippen LogP contribution in [0.25, 0.3) is 0 Å². The van der Waals surface area contributed by atoms with E-state index in [1.165, 1.54) is 0 Å². The number of carbonyl (C=O) groups is 2. The molecular weight excluding hydrogens is 318 g/mol. The molecule has 6 nitrogen and oxygen atoms in total. The van der Waals surface area contributed by atoms with E-state index >= 15 is 0 Å². The number of aromatic nitrogens is 2. The number of amides is 1. The van der Waals surface area contributed by atoms with Crippen molar-refractivity contribution in [2.45, 2.75) is 45.7 Å². The van der Waals surface area contributed by atoms with Gasteiger partial charge in [-0.2, -0.15) is 0 Å². The minimum absolute atomic E-state index is 0.288. The summed E-state index contributed by atoms with van der Waals surface area (Å²) in [5, 5.41) is 12.6. The molecule has 0 aliphatic carbocycles. The molecular formula is C19H23N3O3. The van der Waals surface area contributed by atoms with Crippen LogP contribution >= 0.6 is 0 Å². The fourth-order valence-corrected chi connectivity index (χ4v) is 3.25. The smallest absolute Gasteiger partial charge is 0.311 e. The lowest BCUT2D eigenvalue weighted by Gasteiger charge is -2.31. The maximum Gasteiger partial charge on any atom is 0.311 e. The van der Waals surface area contributed by atoms with E-state index in [2.05, 4.69) is 10.3 Å². The minimum atomic E-state index is -1.15. The predicted molar refractivity (Wildman–Crippen MR) is 93.2 cm³/mol. The van der Waals surface area contributed by atoms with Crippen molar-refractivity contribution in [3.8, 4) is 0 Å². The third-order valence-electron chi connectivity index (χ3n) is 4.88. The van der Waals surface area contributed by atoms with Gasteiger partial charge in [0.2, 0.25) is 0 Å². The van der Waals surface area contributed by atoms with Crippen LogP contribution in [0.2, 0.25) is 0 Å². The molecule has 3 rings (SSSR count). The van der Waals surface area contributed by atoms with Crippen molar-refractivity contribution < 1.29 is 14.7 Å². The van der Waals surface area contributed by atoms with Crippen LogP contribution in [0.5, 0.6) is 0 Å². The highest BCUT2D eigenvalue weighted by atomic mass is 16.4. The molecule has 2 aromatic rings. The first-order chi connectivity index (χ1) is 11.9. The number of nitrogens with one attached hydrogen (secondary N) is 1. The Morgan fingerprint density at radius 3 is 2.64 bits per heavy atom. The van der Waals surface area contributed by atoms with Crippen molar-refractivity contribution in [2.75, 3.05) is 0 Å². The molecule has 1 atom stereocenters. The normalized spacial score (nSPS) is 15.3. The van der Waals surface area contributed by atoms with Gasteiger partial charge in [0.15, 0.2) is 0 Å². The summed E-state index contributed by atoms with van der Waals surface area (Å²) in [5.74, 6) is -0.328. The molecule has 25 heavy (non-hydrogen) atoms. The predicted octanol–water partition coefficient (Wildman–Crippen LogP) is 2.80. The topological polar surface area (TPSA) is 84.2 Å². The molecule has 0 bridgehead atoms. The van der Waals surface area contributed by atoms with Crippen molar-refractivity contribution >= 4 is 11.9 Å². The van der Waals surface area contributed by atoms with Gasteiger partial charge in [-0.15, -0.1) is 0 Å². The van der Waals surface area contributed by atoms with Crippen LogP contribution in [0.1, 0.15) is 54.6 Å². The highest BCUT2D eigenvalue weighted by Gasteiger charge is 2.39. The van der Waals surface area contributed by atoms with E-state index < -0.39 is 17.4 Å². The molecule has 0 radical (unpaired) electrons. The van der Waals surface area contributed by atoms with Gasteiger partial charge in [-0.1, -0.05) is 30.3 Å². The lowest BCUT2D eigenvalue weighted by atomic mass is 9.80. The molecule has 1 unspecified atom stereocenters. The Hall–Kier alpha value is -2.63. The van der Waals surface area contributed by atoms with Gasteiger partial charge in [-0.05, 0) is 32.3 Å². The van der Waals surface area contributed by atoms with Gasteiger partial charge >= 0.3 is 5.97 Å². The number of benzene rings is 1. The van der Waals surface area contributed by atoms with Crippen LogP contribution in [0.4, 0.5) is 0 Å². The molecule has 1 aliphatic heterocycles. The molecule has 1 aromatic heterocycles. The molecule has 0 spiro atoms. The fraction of sp³-hybridized carbons (Fsp3) is 0.421. The minimum Gasteiger partial charge on any atom is -0.481 e. The van der Waals surface area contributed by atoms with E-state index in [0.29, 0.717) is 5.69 Å². The monoisotopic (exact) mass is 341 g/mol. The zero-order chi connectivity index (χ0) is 18.0. The van der Waals surface area contributed by atoms with Gasteiger partial charge in [0.25, 0.3) is 5.91 Å². The number of carboxylic acids is 1. The summed E-state index contributed by atoms with van der Waals surface area (Å²) in [7, 11) is 0. The number of hydrogen-bond donors (Lipinski definition) is 2. The standard InChI is InChI=1S/C19H23N3O3/c1-19(2,18(24)25)16(13-8-4-3-5-9-13)21-17(23)14-12-20-15-10-6-7-11-22(14)15/h3-5,8-9,12,16H,6-7,10-11H2,1-2H3,(H,21,23)(H,24,25). The third kappa shape index (κ3) is 3.29. The molecule has 2 heterocycles. The molecule has 1 aromatic carbocycles. The second-order valence-corrected chi connectivity index (χ2v) is 7.01. The summed E-state index contributed by atoms with van der Waals surface area (Å²) >= 11 is 0. The summed E-state index contributed by atoms with van der Waals surface area (Å²) in [5.41, 5.74) is 0.111. The van der Waals surface area contributed by atoms with E-state index in [0.717, 1.165) is 37.2 Å². The first-order valence-corrected chi connectivity index (χ1v) is 8.55. The molecule has 1 aliphatic rings. The Morgan fingerprint density at radius 2 is 1.96 bits per heavy atom. The van der Waals surface area contributed by atoms with Crippen molar-refractivity contribution in [2.24, 2.45) is 5.41 Å². The SMILES string of the molecule is CC(C)(C(=O)O)C(NC(=O)c1cnc2n1CCCC2)c1ccccc1. The average Bonchev–Trinajstić information content (AvgIpc) is 3.04. The Bertz CT molecular complexity index is 780. The largest absolute Gasteiger partial charge is 0.481 e. The Morgan fingerprint density at radius 1 is 1.24 bits per heavy atom. The summed E-state index contributed by atoms with van der Waals surface area (Å²) in [6.07, 6.45) is 4.56. The molecule has 6 heteroatoms. The summed E-state index contributed by atoms with van der Waals surface area (Å²) in [6.45, 7) is 4.02. The van der Waals surface area contributed by atoms with Gasteiger partial charge in [0.05, 0.1) is 17.7 Å². The van der Waals surface area contributed by atoms with Gasteiger partial charge in [-0.3, -0.25) is 9.59 Å². The lowest BCUT2D eigenvalue weighted by molar-refractivity contribution is -0.148. The Balaban J connectivity index is 1.92. The molecule has 1 amide bonds. The fourth-order valence-electron chi connectivity index (χ4n) is 3.25. The number of nitrogens with zero attached hydrogens (tertiary/aromatic N) is 2. The molecule has 0 saturated heterocycles. The summed E-state index contributed by atoms with van der Waals surface area (Å²) in [6, 6.07) is 8.57. The first-order valence-electron chi connectivity index (χ1n) is 8.55. The van der Waals surface area contributed by atoms with Gasteiger partial charge in [0, 0.05) is 13.0 Å². The van der Waals surface area contributed by atoms with Crippen LogP contribution in [0.3, 0.4) is 0 Å². The van der Waals surface area contributed by atoms with Gasteiger partial charge in [0.1, 0.15) is 11.5 Å². The van der Waals surface area contributed by atoms with Crippen LogP contribution in [-0.2, 0) is 17.8 Å². The summed E-state index contributed by atoms with van der Waals surface area (Å²) in [4.78, 5) is 29.0. The first kappa shape index (κ1) is 17.2. The zero-order valence-electron chi connectivity index (χ0n) is 14.5. The van der Waals surface area contributed by atoms with Gasteiger partial charge in [-0.25, -0.2) is 4.98 Å². The zero-order valence-corrected chi connectivity index (χ0v) is 14.5. The van der Waals surface area contributed by atoms with Crippen LogP contribution in [-0.4, -0.2) is 26.5 Å². The maximum absolute atomic E-state index is 12.9. The van der Waals surface area contributed by atoms with Crippen LogP contribution in [0, 0.1) is 5.41 Å². The number of imidazole rings is 1. The molecule has 0 fully saturated rings. The van der Waals surface area contributed by atoms with Crippen molar-refractivity contribution in [1.29, 1.82) is 0 Å². The quantitative estimate of drug-likeness (QED) is 0.876. The number of aryl methyl sites for hydroxylation is 1. The number of aliphatic carboxylic acids is 1. The van der Waals surface area contributed by atoms with Crippen molar-refractivity contribution in [3.63, 3.8) is 0 Å². The molecule has 2 N–H and O–H groups in total. The average molecular weight is 341 g/mol. The van der Waals surface area contributed by atoms with E-state index in [9.17, 15) is 14.7 Å². The Kier molecular flexibility index (Phi) is 4.61. The van der Waals surface area contributed by atoms with Crippen LogP contribution in [0.15, 0.2) is 36.5 Å². The third-order valence-corrected chi connectivity index (χ3v) is 4.88. The summed E-state index contributed by atoms with van der Waals surface area (Å²) < 4.78 is 1.94. The highest BCUT2D eigenvalue weighted by molar-refractivity contribution is 5.93. The number of carbonyl (C=O) groups excluding carboxylic acids is 1. The van der Waals surface area contributed by atoms with E-state index in [1.54, 1.807) is 20.0 Å². The second kappa shape index (κ2) is 6.70. The van der Waals surface area contributed by atoms with E-state index in [1.807, 2.05) is 34.9 Å². The van der Waals surface area contributed by atoms with Crippen LogP contribution < -0.4 is 5.32 Å².